The van der Waals surface area contributed by atoms with Crippen molar-refractivity contribution in [1.29, 1.82) is 5.41 Å². The zero-order chi connectivity index (χ0) is 15.5. The van der Waals surface area contributed by atoms with Crippen molar-refractivity contribution in [2.75, 3.05) is 30.3 Å². The van der Waals surface area contributed by atoms with E-state index in [2.05, 4.69) is 9.88 Å². The smallest absolute Gasteiger partial charge is 0.129 e. The standard InChI is InChI=1S/C17H20N4O.H2/c1-2-22-13-4-5-15(18)14(11-13)17(19)12-6-7-20-16(10-12)21-8-3-9-21;/h4-7,10-11,19H,2-3,8-9,18H2,1H3;1H. The van der Waals surface area contributed by atoms with Gasteiger partial charge in [0.1, 0.15) is 11.6 Å². The molecule has 0 saturated carbocycles. The Hall–Kier alpha value is -2.56. The molecule has 116 valence electrons. The van der Waals surface area contributed by atoms with Gasteiger partial charge in [0.2, 0.25) is 0 Å². The summed E-state index contributed by atoms with van der Waals surface area (Å²) in [6.07, 6.45) is 2.95. The summed E-state index contributed by atoms with van der Waals surface area (Å²) in [5.41, 5.74) is 8.51. The number of hydrogen-bond acceptors (Lipinski definition) is 5. The van der Waals surface area contributed by atoms with E-state index in [9.17, 15) is 0 Å². The van der Waals surface area contributed by atoms with Gasteiger partial charge in [0, 0.05) is 37.5 Å². The highest BCUT2D eigenvalue weighted by molar-refractivity contribution is 6.14. The van der Waals surface area contributed by atoms with E-state index in [1.54, 1.807) is 12.3 Å². The fourth-order valence-electron chi connectivity index (χ4n) is 2.46. The molecular formula is C17H22N4O. The Morgan fingerprint density at radius 3 is 2.86 bits per heavy atom. The average molecular weight is 298 g/mol. The van der Waals surface area contributed by atoms with Crippen molar-refractivity contribution in [3.63, 3.8) is 0 Å². The van der Waals surface area contributed by atoms with Crippen LogP contribution in [0.25, 0.3) is 0 Å². The number of nitrogen functional groups attached to an aromatic ring is 1. The van der Waals surface area contributed by atoms with Gasteiger partial charge in [0.15, 0.2) is 0 Å². The first-order valence-electron chi connectivity index (χ1n) is 7.51. The third-order valence-corrected chi connectivity index (χ3v) is 3.82. The number of rotatable bonds is 5. The number of hydrogen-bond donors (Lipinski definition) is 2. The molecule has 5 nitrogen and oxygen atoms in total. The van der Waals surface area contributed by atoms with Crippen LogP contribution in [0.4, 0.5) is 11.5 Å². The second kappa shape index (κ2) is 6.05. The molecule has 0 radical (unpaired) electrons. The van der Waals surface area contributed by atoms with Crippen LogP contribution in [0.2, 0.25) is 0 Å². The lowest BCUT2D eigenvalue weighted by atomic mass is 10.0. The molecule has 0 unspecified atom stereocenters. The summed E-state index contributed by atoms with van der Waals surface area (Å²) >= 11 is 0. The summed E-state index contributed by atoms with van der Waals surface area (Å²) in [7, 11) is 0. The van der Waals surface area contributed by atoms with Crippen molar-refractivity contribution in [3.05, 3.63) is 47.7 Å². The second-order valence-electron chi connectivity index (χ2n) is 5.30. The maximum absolute atomic E-state index is 8.47. The van der Waals surface area contributed by atoms with Crippen molar-refractivity contribution in [3.8, 4) is 5.75 Å². The summed E-state index contributed by atoms with van der Waals surface area (Å²) < 4.78 is 5.50. The summed E-state index contributed by atoms with van der Waals surface area (Å²) in [6, 6.07) is 9.23. The molecule has 0 spiro atoms. The fraction of sp³-hybridized carbons (Fsp3) is 0.294. The van der Waals surface area contributed by atoms with Crippen LogP contribution in [-0.2, 0) is 0 Å². The molecule has 1 aliphatic rings. The molecule has 0 bridgehead atoms. The molecule has 1 aromatic carbocycles. The van der Waals surface area contributed by atoms with Crippen LogP contribution in [0, 0.1) is 5.41 Å². The van der Waals surface area contributed by atoms with Crippen LogP contribution >= 0.6 is 0 Å². The molecule has 1 saturated heterocycles. The molecule has 22 heavy (non-hydrogen) atoms. The van der Waals surface area contributed by atoms with Gasteiger partial charge in [-0.05, 0) is 43.7 Å². The molecule has 5 heteroatoms. The van der Waals surface area contributed by atoms with Gasteiger partial charge < -0.3 is 15.4 Å². The Kier molecular flexibility index (Phi) is 3.96. The zero-order valence-corrected chi connectivity index (χ0v) is 12.7. The molecule has 0 atom stereocenters. The van der Waals surface area contributed by atoms with Crippen LogP contribution in [0.3, 0.4) is 0 Å². The zero-order valence-electron chi connectivity index (χ0n) is 12.7. The maximum Gasteiger partial charge on any atom is 0.129 e. The van der Waals surface area contributed by atoms with E-state index >= 15 is 0 Å². The van der Waals surface area contributed by atoms with Crippen molar-refractivity contribution >= 4 is 17.2 Å². The number of nitrogens with one attached hydrogen (secondary N) is 1. The Labute approximate surface area is 131 Å². The topological polar surface area (TPSA) is 75.2 Å². The normalized spacial score (nSPS) is 13.6. The molecule has 2 aromatic rings. The van der Waals surface area contributed by atoms with E-state index in [-0.39, 0.29) is 1.43 Å². The lowest BCUT2D eigenvalue weighted by molar-refractivity contribution is 0.340. The monoisotopic (exact) mass is 298 g/mol. The minimum atomic E-state index is 0. The quantitative estimate of drug-likeness (QED) is 0.657. The van der Waals surface area contributed by atoms with Gasteiger partial charge in [0.25, 0.3) is 0 Å². The van der Waals surface area contributed by atoms with Gasteiger partial charge in [-0.2, -0.15) is 0 Å². The van der Waals surface area contributed by atoms with Crippen LogP contribution in [0.15, 0.2) is 36.5 Å². The van der Waals surface area contributed by atoms with Crippen LogP contribution in [0.1, 0.15) is 25.9 Å². The maximum atomic E-state index is 8.47. The number of nitrogens with zero attached hydrogens (tertiary/aromatic N) is 2. The molecule has 3 N–H and O–H groups in total. The van der Waals surface area contributed by atoms with Crippen LogP contribution in [-0.4, -0.2) is 30.4 Å². The number of benzene rings is 1. The Morgan fingerprint density at radius 2 is 2.18 bits per heavy atom. The van der Waals surface area contributed by atoms with Crippen LogP contribution < -0.4 is 15.4 Å². The molecular weight excluding hydrogens is 276 g/mol. The first-order valence-corrected chi connectivity index (χ1v) is 7.51. The third-order valence-electron chi connectivity index (χ3n) is 3.82. The SMILES string of the molecule is CCOc1ccc(N)c(C(=N)c2ccnc(N3CCC3)c2)c1.[HH]. The highest BCUT2D eigenvalue weighted by atomic mass is 16.5. The van der Waals surface area contributed by atoms with Crippen molar-refractivity contribution in [1.82, 2.24) is 4.98 Å². The minimum Gasteiger partial charge on any atom is -0.494 e. The lowest BCUT2D eigenvalue weighted by Crippen LogP contribution is -2.37. The van der Waals surface area contributed by atoms with Gasteiger partial charge >= 0.3 is 0 Å². The van der Waals surface area contributed by atoms with Crippen LogP contribution in [0.5, 0.6) is 5.75 Å². The van der Waals surface area contributed by atoms with Gasteiger partial charge in [-0.25, -0.2) is 4.98 Å². The number of nitrogens with two attached hydrogens (primary N) is 1. The van der Waals surface area contributed by atoms with Crippen molar-refractivity contribution in [2.45, 2.75) is 13.3 Å². The molecule has 1 fully saturated rings. The fourth-order valence-corrected chi connectivity index (χ4v) is 2.46. The van der Waals surface area contributed by atoms with E-state index < -0.39 is 0 Å². The van der Waals surface area contributed by atoms with Gasteiger partial charge in [0.05, 0.1) is 12.3 Å². The Bertz CT molecular complexity index is 701. The summed E-state index contributed by atoms with van der Waals surface area (Å²) in [4.78, 5) is 6.59. The molecule has 2 heterocycles. The van der Waals surface area contributed by atoms with Crippen molar-refractivity contribution in [2.24, 2.45) is 0 Å². The highest BCUT2D eigenvalue weighted by Gasteiger charge is 2.17. The Morgan fingerprint density at radius 1 is 1.36 bits per heavy atom. The molecule has 0 aliphatic carbocycles. The van der Waals surface area contributed by atoms with Gasteiger partial charge in [-0.15, -0.1) is 0 Å². The van der Waals surface area contributed by atoms with E-state index in [0.717, 1.165) is 30.2 Å². The van der Waals surface area contributed by atoms with E-state index in [0.29, 0.717) is 23.6 Å². The van der Waals surface area contributed by atoms with Gasteiger partial charge in [-0.3, -0.25) is 5.41 Å². The van der Waals surface area contributed by atoms with E-state index in [1.165, 1.54) is 6.42 Å². The summed E-state index contributed by atoms with van der Waals surface area (Å²) in [6.45, 7) is 4.59. The predicted molar refractivity (Wildman–Crippen MR) is 91.1 cm³/mol. The molecule has 1 aromatic heterocycles. The summed E-state index contributed by atoms with van der Waals surface area (Å²) in [5.74, 6) is 1.65. The summed E-state index contributed by atoms with van der Waals surface area (Å²) in [5, 5.41) is 8.47. The minimum absolute atomic E-state index is 0. The third kappa shape index (κ3) is 2.74. The largest absolute Gasteiger partial charge is 0.494 e. The highest BCUT2D eigenvalue weighted by Crippen LogP contribution is 2.25. The van der Waals surface area contributed by atoms with E-state index in [1.807, 2.05) is 31.2 Å². The lowest BCUT2D eigenvalue weighted by Gasteiger charge is -2.32. The van der Waals surface area contributed by atoms with Crippen molar-refractivity contribution < 1.29 is 6.16 Å². The van der Waals surface area contributed by atoms with Gasteiger partial charge in [-0.1, -0.05) is 0 Å². The molecule has 1 aliphatic heterocycles. The average Bonchev–Trinajstić information content (AvgIpc) is 2.47. The number of pyridine rings is 1. The molecule has 3 rings (SSSR count). The van der Waals surface area contributed by atoms with E-state index in [4.69, 9.17) is 15.9 Å². The number of aromatic nitrogens is 1. The predicted octanol–water partition coefficient (Wildman–Crippen LogP) is 2.93. The second-order valence-corrected chi connectivity index (χ2v) is 5.30. The molecule has 0 amide bonds. The Balaban J connectivity index is 0.00000192. The first kappa shape index (κ1) is 14.4. The number of anilines is 2. The number of ether oxygens (including phenoxy) is 1. The first-order chi connectivity index (χ1) is 10.7.